The SMILES string of the molecule is O=C(CNc1cccc(C(F)(F)F)c1)NCc1cccc(NC(=O)C2CCCC2)c1. The molecule has 1 fully saturated rings. The van der Waals surface area contributed by atoms with Crippen LogP contribution in [0.15, 0.2) is 48.5 Å². The maximum absolute atomic E-state index is 12.7. The van der Waals surface area contributed by atoms with Crippen molar-refractivity contribution in [1.29, 1.82) is 0 Å². The number of hydrogen-bond donors (Lipinski definition) is 3. The van der Waals surface area contributed by atoms with Gasteiger partial charge in [-0.3, -0.25) is 9.59 Å². The highest BCUT2D eigenvalue weighted by Crippen LogP contribution is 2.30. The molecule has 1 aliphatic rings. The lowest BCUT2D eigenvalue weighted by Gasteiger charge is -2.12. The summed E-state index contributed by atoms with van der Waals surface area (Å²) < 4.78 is 38.2. The number of alkyl halides is 3. The summed E-state index contributed by atoms with van der Waals surface area (Å²) in [6, 6.07) is 11.9. The van der Waals surface area contributed by atoms with E-state index in [1.54, 1.807) is 18.2 Å². The van der Waals surface area contributed by atoms with Crippen molar-refractivity contribution in [3.63, 3.8) is 0 Å². The molecule has 0 aliphatic heterocycles. The molecule has 0 heterocycles. The number of rotatable bonds is 7. The monoisotopic (exact) mass is 419 g/mol. The number of halogens is 3. The Balaban J connectivity index is 1.47. The Hall–Kier alpha value is -3.03. The third-order valence-electron chi connectivity index (χ3n) is 5.05. The topological polar surface area (TPSA) is 70.2 Å². The van der Waals surface area contributed by atoms with Crippen molar-refractivity contribution in [2.45, 2.75) is 38.4 Å². The maximum atomic E-state index is 12.7. The fraction of sp³-hybridized carbons (Fsp3) is 0.364. The first-order valence-corrected chi connectivity index (χ1v) is 9.89. The van der Waals surface area contributed by atoms with Gasteiger partial charge < -0.3 is 16.0 Å². The van der Waals surface area contributed by atoms with E-state index in [4.69, 9.17) is 0 Å². The highest BCUT2D eigenvalue weighted by Gasteiger charge is 2.30. The van der Waals surface area contributed by atoms with E-state index in [0.29, 0.717) is 5.69 Å². The molecular weight excluding hydrogens is 395 g/mol. The van der Waals surface area contributed by atoms with Crippen LogP contribution in [0, 0.1) is 5.92 Å². The lowest BCUT2D eigenvalue weighted by molar-refractivity contribution is -0.137. The summed E-state index contributed by atoms with van der Waals surface area (Å²) in [5.74, 6) is -0.262. The largest absolute Gasteiger partial charge is 0.416 e. The molecule has 160 valence electrons. The normalized spacial score (nSPS) is 14.4. The average Bonchev–Trinajstić information content (AvgIpc) is 3.26. The van der Waals surface area contributed by atoms with Gasteiger partial charge in [0.05, 0.1) is 12.1 Å². The third kappa shape index (κ3) is 6.23. The van der Waals surface area contributed by atoms with Gasteiger partial charge in [0.1, 0.15) is 0 Å². The van der Waals surface area contributed by atoms with Crippen LogP contribution in [-0.2, 0) is 22.3 Å². The molecule has 3 rings (SSSR count). The van der Waals surface area contributed by atoms with Crippen molar-refractivity contribution >= 4 is 23.2 Å². The zero-order valence-electron chi connectivity index (χ0n) is 16.4. The number of hydrogen-bond acceptors (Lipinski definition) is 3. The van der Waals surface area contributed by atoms with Crippen LogP contribution in [0.1, 0.15) is 36.8 Å². The Morgan fingerprint density at radius 3 is 2.40 bits per heavy atom. The quantitative estimate of drug-likeness (QED) is 0.616. The molecular formula is C22H24F3N3O2. The minimum atomic E-state index is -4.43. The summed E-state index contributed by atoms with van der Waals surface area (Å²) in [5, 5.41) is 8.33. The maximum Gasteiger partial charge on any atom is 0.416 e. The molecule has 2 aromatic carbocycles. The van der Waals surface area contributed by atoms with E-state index in [0.717, 1.165) is 43.4 Å². The van der Waals surface area contributed by atoms with Crippen LogP contribution >= 0.6 is 0 Å². The molecule has 1 aliphatic carbocycles. The van der Waals surface area contributed by atoms with Crippen molar-refractivity contribution < 1.29 is 22.8 Å². The first-order chi connectivity index (χ1) is 14.3. The van der Waals surface area contributed by atoms with Gasteiger partial charge in [-0.1, -0.05) is 31.0 Å². The molecule has 0 saturated heterocycles. The van der Waals surface area contributed by atoms with Gasteiger partial charge in [-0.15, -0.1) is 0 Å². The minimum Gasteiger partial charge on any atom is -0.376 e. The lowest BCUT2D eigenvalue weighted by Crippen LogP contribution is -2.29. The number of anilines is 2. The Kier molecular flexibility index (Phi) is 6.97. The predicted molar refractivity (Wildman–Crippen MR) is 109 cm³/mol. The van der Waals surface area contributed by atoms with E-state index in [1.807, 2.05) is 6.07 Å². The molecule has 0 aromatic heterocycles. The number of carbonyl (C=O) groups is 2. The highest BCUT2D eigenvalue weighted by atomic mass is 19.4. The van der Waals surface area contributed by atoms with E-state index in [9.17, 15) is 22.8 Å². The van der Waals surface area contributed by atoms with Crippen LogP contribution in [0.2, 0.25) is 0 Å². The molecule has 2 amide bonds. The third-order valence-corrected chi connectivity index (χ3v) is 5.05. The van der Waals surface area contributed by atoms with Gasteiger partial charge >= 0.3 is 6.18 Å². The number of nitrogens with one attached hydrogen (secondary N) is 3. The zero-order valence-corrected chi connectivity index (χ0v) is 16.4. The lowest BCUT2D eigenvalue weighted by atomic mass is 10.1. The van der Waals surface area contributed by atoms with E-state index < -0.39 is 11.7 Å². The van der Waals surface area contributed by atoms with E-state index >= 15 is 0 Å². The fourth-order valence-electron chi connectivity index (χ4n) is 3.44. The first-order valence-electron chi connectivity index (χ1n) is 9.89. The molecule has 0 spiro atoms. The molecule has 30 heavy (non-hydrogen) atoms. The van der Waals surface area contributed by atoms with Gasteiger partial charge in [0.2, 0.25) is 11.8 Å². The summed E-state index contributed by atoms with van der Waals surface area (Å²) in [7, 11) is 0. The Morgan fingerprint density at radius 1 is 0.967 bits per heavy atom. The van der Waals surface area contributed by atoms with Gasteiger partial charge in [0.25, 0.3) is 0 Å². The predicted octanol–water partition coefficient (Wildman–Crippen LogP) is 4.56. The molecule has 5 nitrogen and oxygen atoms in total. The second-order valence-electron chi connectivity index (χ2n) is 7.38. The molecule has 8 heteroatoms. The van der Waals surface area contributed by atoms with Gasteiger partial charge in [-0.2, -0.15) is 13.2 Å². The van der Waals surface area contributed by atoms with E-state index in [1.165, 1.54) is 12.1 Å². The van der Waals surface area contributed by atoms with Crippen LogP contribution in [-0.4, -0.2) is 18.4 Å². The summed E-state index contributed by atoms with van der Waals surface area (Å²) >= 11 is 0. The van der Waals surface area contributed by atoms with Crippen LogP contribution in [0.4, 0.5) is 24.5 Å². The Labute approximate surface area is 173 Å². The second kappa shape index (κ2) is 9.65. The number of amides is 2. The number of carbonyl (C=O) groups excluding carboxylic acids is 2. The summed E-state index contributed by atoms with van der Waals surface area (Å²) in [4.78, 5) is 24.3. The van der Waals surface area contributed by atoms with Crippen LogP contribution < -0.4 is 16.0 Å². The minimum absolute atomic E-state index is 0.0268. The Morgan fingerprint density at radius 2 is 1.67 bits per heavy atom. The van der Waals surface area contributed by atoms with Crippen molar-refractivity contribution in [1.82, 2.24) is 5.32 Å². The summed E-state index contributed by atoms with van der Waals surface area (Å²) in [6.07, 6.45) is -0.434. The van der Waals surface area contributed by atoms with Crippen LogP contribution in [0.5, 0.6) is 0 Å². The first kappa shape index (κ1) is 21.7. The van der Waals surface area contributed by atoms with Crippen LogP contribution in [0.25, 0.3) is 0 Å². The molecule has 0 radical (unpaired) electrons. The van der Waals surface area contributed by atoms with Crippen molar-refractivity contribution in [3.8, 4) is 0 Å². The fourth-order valence-corrected chi connectivity index (χ4v) is 3.44. The molecule has 1 saturated carbocycles. The molecule has 3 N–H and O–H groups in total. The standard InChI is InChI=1S/C22H24F3N3O2/c23-22(24,25)17-8-4-9-18(12-17)26-14-20(29)27-13-15-5-3-10-19(11-15)28-21(30)16-6-1-2-7-16/h3-5,8-12,16,26H,1-2,6-7,13-14H2,(H,27,29)(H,28,30). The molecule has 2 aromatic rings. The van der Waals surface area contributed by atoms with Gasteiger partial charge in [0.15, 0.2) is 0 Å². The van der Waals surface area contributed by atoms with Gasteiger partial charge in [-0.05, 0) is 48.7 Å². The Bertz CT molecular complexity index is 893. The van der Waals surface area contributed by atoms with Crippen molar-refractivity contribution in [2.24, 2.45) is 5.92 Å². The van der Waals surface area contributed by atoms with Gasteiger partial charge in [-0.25, -0.2) is 0 Å². The highest BCUT2D eigenvalue weighted by molar-refractivity contribution is 5.92. The number of benzene rings is 2. The molecule has 0 unspecified atom stereocenters. The van der Waals surface area contributed by atoms with Crippen molar-refractivity contribution in [2.75, 3.05) is 17.2 Å². The summed E-state index contributed by atoms with van der Waals surface area (Å²) in [6.45, 7) is 0.0929. The molecule has 0 bridgehead atoms. The smallest absolute Gasteiger partial charge is 0.376 e. The second-order valence-corrected chi connectivity index (χ2v) is 7.38. The zero-order chi connectivity index (χ0) is 21.6. The molecule has 0 atom stereocenters. The van der Waals surface area contributed by atoms with Crippen molar-refractivity contribution in [3.05, 3.63) is 59.7 Å². The van der Waals surface area contributed by atoms with E-state index in [2.05, 4.69) is 16.0 Å². The average molecular weight is 419 g/mol. The van der Waals surface area contributed by atoms with Crippen LogP contribution in [0.3, 0.4) is 0 Å². The van der Waals surface area contributed by atoms with E-state index in [-0.39, 0.29) is 36.5 Å². The van der Waals surface area contributed by atoms with Gasteiger partial charge in [0, 0.05) is 23.8 Å². The summed E-state index contributed by atoms with van der Waals surface area (Å²) in [5.41, 5.74) is 0.938.